The summed E-state index contributed by atoms with van der Waals surface area (Å²) >= 11 is 0. The number of carbonyl (C=O) groups excluding carboxylic acids is 2. The van der Waals surface area contributed by atoms with Crippen molar-refractivity contribution in [2.75, 3.05) is 25.5 Å². The summed E-state index contributed by atoms with van der Waals surface area (Å²) in [6, 6.07) is 10.5. The summed E-state index contributed by atoms with van der Waals surface area (Å²) in [7, 11) is 1.84. The molecule has 134 valence electrons. The van der Waals surface area contributed by atoms with Crippen LogP contribution in [0.4, 0.5) is 5.69 Å². The predicted molar refractivity (Wildman–Crippen MR) is 98.3 cm³/mol. The summed E-state index contributed by atoms with van der Waals surface area (Å²) in [4.78, 5) is 26.5. The Labute approximate surface area is 153 Å². The highest BCUT2D eigenvalue weighted by molar-refractivity contribution is 6.03. The third-order valence-corrected chi connectivity index (χ3v) is 4.29. The normalized spacial score (nSPS) is 14.4. The van der Waals surface area contributed by atoms with Crippen LogP contribution in [-0.2, 0) is 0 Å². The second-order valence-corrected chi connectivity index (χ2v) is 5.91. The molecule has 1 aromatic heterocycles. The molecule has 0 atom stereocenters. The van der Waals surface area contributed by atoms with Crippen LogP contribution in [0.25, 0.3) is 0 Å². The summed E-state index contributed by atoms with van der Waals surface area (Å²) in [5.74, 6) is -0.133. The molecule has 2 N–H and O–H groups in total. The number of halogens is 1. The third kappa shape index (κ3) is 4.61. The number of carbonyl (C=O) groups is 2. The van der Waals surface area contributed by atoms with Crippen LogP contribution < -0.4 is 10.6 Å². The Kier molecular flexibility index (Phi) is 6.61. The molecule has 2 aromatic rings. The fourth-order valence-electron chi connectivity index (χ4n) is 2.89. The fraction of sp³-hybridized carbons (Fsp3) is 0.333. The summed E-state index contributed by atoms with van der Waals surface area (Å²) in [6.07, 6.45) is 3.36. The Hall–Kier alpha value is -2.31. The van der Waals surface area contributed by atoms with Gasteiger partial charge in [-0.15, -0.1) is 12.4 Å². The highest BCUT2D eigenvalue weighted by Gasteiger charge is 2.23. The highest BCUT2D eigenvalue weighted by atomic mass is 35.5. The van der Waals surface area contributed by atoms with Gasteiger partial charge in [0, 0.05) is 24.3 Å². The zero-order valence-corrected chi connectivity index (χ0v) is 14.8. The van der Waals surface area contributed by atoms with E-state index >= 15 is 0 Å². The quantitative estimate of drug-likeness (QED) is 0.875. The van der Waals surface area contributed by atoms with Crippen LogP contribution >= 0.6 is 12.4 Å². The van der Waals surface area contributed by atoms with E-state index < -0.39 is 0 Å². The van der Waals surface area contributed by atoms with Crippen LogP contribution in [0.3, 0.4) is 0 Å². The zero-order valence-electron chi connectivity index (χ0n) is 14.0. The van der Waals surface area contributed by atoms with E-state index in [1.54, 1.807) is 41.3 Å². The monoisotopic (exact) mass is 363 g/mol. The average Bonchev–Trinajstić information content (AvgIpc) is 3.16. The van der Waals surface area contributed by atoms with E-state index in [4.69, 9.17) is 4.42 Å². The number of nitrogens with zero attached hydrogens (tertiary/aromatic N) is 1. The van der Waals surface area contributed by atoms with Gasteiger partial charge < -0.3 is 20.0 Å². The first-order chi connectivity index (χ1) is 11.6. The van der Waals surface area contributed by atoms with Crippen molar-refractivity contribution in [1.82, 2.24) is 10.2 Å². The largest absolute Gasteiger partial charge is 0.459 e. The van der Waals surface area contributed by atoms with Gasteiger partial charge in [0.1, 0.15) is 0 Å². The van der Waals surface area contributed by atoms with Gasteiger partial charge in [0.05, 0.1) is 6.26 Å². The maximum atomic E-state index is 12.7. The lowest BCUT2D eigenvalue weighted by Gasteiger charge is -2.31. The molecular formula is C18H22ClN3O3. The van der Waals surface area contributed by atoms with E-state index in [0.717, 1.165) is 25.9 Å². The van der Waals surface area contributed by atoms with Gasteiger partial charge in [-0.25, -0.2) is 0 Å². The maximum absolute atomic E-state index is 12.7. The molecule has 0 bridgehead atoms. The van der Waals surface area contributed by atoms with Gasteiger partial charge in [0.2, 0.25) is 0 Å². The minimum Gasteiger partial charge on any atom is -0.459 e. The van der Waals surface area contributed by atoms with Crippen molar-refractivity contribution in [2.45, 2.75) is 18.9 Å². The predicted octanol–water partition coefficient (Wildman–Crippen LogP) is 2.78. The van der Waals surface area contributed by atoms with Crippen molar-refractivity contribution >= 4 is 29.9 Å². The zero-order chi connectivity index (χ0) is 16.9. The van der Waals surface area contributed by atoms with Crippen molar-refractivity contribution in [2.24, 2.45) is 0 Å². The number of benzene rings is 1. The van der Waals surface area contributed by atoms with Crippen LogP contribution in [0.1, 0.15) is 33.8 Å². The molecule has 7 heteroatoms. The molecule has 0 saturated carbocycles. The number of nitrogens with one attached hydrogen (secondary N) is 2. The van der Waals surface area contributed by atoms with Crippen LogP contribution in [0.15, 0.2) is 47.1 Å². The molecule has 1 fully saturated rings. The molecule has 2 amide bonds. The Balaban J connectivity index is 0.00000225. The Morgan fingerprint density at radius 3 is 2.64 bits per heavy atom. The van der Waals surface area contributed by atoms with Gasteiger partial charge in [-0.2, -0.15) is 0 Å². The molecule has 3 rings (SSSR count). The molecule has 1 aliphatic rings. The number of furan rings is 1. The molecular weight excluding hydrogens is 342 g/mol. The van der Waals surface area contributed by atoms with Crippen LogP contribution in [-0.4, -0.2) is 42.9 Å². The number of amides is 2. The average molecular weight is 364 g/mol. The standard InChI is InChI=1S/C18H21N3O3.ClH/c1-21(15-7-9-19-10-8-15)18(23)13-4-2-5-14(12-13)20-17(22)16-6-3-11-24-16;/h2-6,11-12,15,19H,7-10H2,1H3,(H,20,22);1H. The number of anilines is 1. The minimum absolute atomic E-state index is 0. The first-order valence-electron chi connectivity index (χ1n) is 8.08. The fourth-order valence-corrected chi connectivity index (χ4v) is 2.89. The molecule has 0 unspecified atom stereocenters. The van der Waals surface area contributed by atoms with Gasteiger partial charge in [-0.3, -0.25) is 9.59 Å². The van der Waals surface area contributed by atoms with E-state index in [0.29, 0.717) is 11.3 Å². The topological polar surface area (TPSA) is 74.6 Å². The van der Waals surface area contributed by atoms with Crippen molar-refractivity contribution in [3.05, 3.63) is 54.0 Å². The number of piperidine rings is 1. The summed E-state index contributed by atoms with van der Waals surface area (Å²) in [5, 5.41) is 6.04. The molecule has 0 spiro atoms. The van der Waals surface area contributed by atoms with Crippen LogP contribution in [0.2, 0.25) is 0 Å². The molecule has 1 aliphatic heterocycles. The Bertz CT molecular complexity index is 712. The second kappa shape index (κ2) is 8.69. The van der Waals surface area contributed by atoms with Gasteiger partial charge in [0.15, 0.2) is 5.76 Å². The summed E-state index contributed by atoms with van der Waals surface area (Å²) < 4.78 is 5.07. The smallest absolute Gasteiger partial charge is 0.291 e. The second-order valence-electron chi connectivity index (χ2n) is 5.91. The van der Waals surface area contributed by atoms with E-state index in [-0.39, 0.29) is 36.0 Å². The van der Waals surface area contributed by atoms with Crippen LogP contribution in [0, 0.1) is 0 Å². The number of hydrogen-bond acceptors (Lipinski definition) is 4. The summed E-state index contributed by atoms with van der Waals surface area (Å²) in [5.41, 5.74) is 1.13. The first-order valence-corrected chi connectivity index (χ1v) is 8.08. The molecule has 0 radical (unpaired) electrons. The molecule has 25 heavy (non-hydrogen) atoms. The lowest BCUT2D eigenvalue weighted by atomic mass is 10.0. The van der Waals surface area contributed by atoms with E-state index in [1.165, 1.54) is 6.26 Å². The van der Waals surface area contributed by atoms with Crippen molar-refractivity contribution < 1.29 is 14.0 Å². The van der Waals surface area contributed by atoms with Gasteiger partial charge >= 0.3 is 0 Å². The van der Waals surface area contributed by atoms with Crippen LogP contribution in [0.5, 0.6) is 0 Å². The number of rotatable bonds is 4. The van der Waals surface area contributed by atoms with E-state index in [9.17, 15) is 9.59 Å². The van der Waals surface area contributed by atoms with Crippen molar-refractivity contribution in [3.8, 4) is 0 Å². The van der Waals surface area contributed by atoms with Gasteiger partial charge in [-0.1, -0.05) is 6.07 Å². The maximum Gasteiger partial charge on any atom is 0.291 e. The molecule has 2 heterocycles. The molecule has 1 saturated heterocycles. The number of hydrogen-bond donors (Lipinski definition) is 2. The molecule has 6 nitrogen and oxygen atoms in total. The Morgan fingerprint density at radius 2 is 1.96 bits per heavy atom. The van der Waals surface area contributed by atoms with Gasteiger partial charge in [-0.05, 0) is 56.3 Å². The Morgan fingerprint density at radius 1 is 1.20 bits per heavy atom. The molecule has 0 aliphatic carbocycles. The minimum atomic E-state index is -0.337. The van der Waals surface area contributed by atoms with E-state index in [1.807, 2.05) is 7.05 Å². The molecule has 1 aromatic carbocycles. The highest BCUT2D eigenvalue weighted by Crippen LogP contribution is 2.17. The third-order valence-electron chi connectivity index (χ3n) is 4.29. The summed E-state index contributed by atoms with van der Waals surface area (Å²) in [6.45, 7) is 1.86. The van der Waals surface area contributed by atoms with E-state index in [2.05, 4.69) is 10.6 Å². The van der Waals surface area contributed by atoms with Crippen molar-refractivity contribution in [3.63, 3.8) is 0 Å². The van der Waals surface area contributed by atoms with Gasteiger partial charge in [0.25, 0.3) is 11.8 Å². The lowest BCUT2D eigenvalue weighted by Crippen LogP contribution is -2.43. The first kappa shape index (κ1) is 19.0. The van der Waals surface area contributed by atoms with Crippen molar-refractivity contribution in [1.29, 1.82) is 0 Å². The SMILES string of the molecule is CN(C(=O)c1cccc(NC(=O)c2ccco2)c1)C1CCNCC1.Cl. The lowest BCUT2D eigenvalue weighted by molar-refractivity contribution is 0.0703.